The monoisotopic (exact) mass is 571 g/mol. The van der Waals surface area contributed by atoms with Gasteiger partial charge in [-0.15, -0.1) is 0 Å². The molecule has 208 valence electrons. The lowest BCUT2D eigenvalue weighted by Gasteiger charge is -2.36. The first kappa shape index (κ1) is 30.3. The number of rotatable bonds is 8. The van der Waals surface area contributed by atoms with Crippen molar-refractivity contribution in [1.82, 2.24) is 20.1 Å². The zero-order valence-corrected chi connectivity index (χ0v) is 24.3. The van der Waals surface area contributed by atoms with Crippen LogP contribution in [0.1, 0.15) is 63.8 Å². The summed E-state index contributed by atoms with van der Waals surface area (Å²) in [5.74, 6) is 5.18. The summed E-state index contributed by atoms with van der Waals surface area (Å²) in [6.45, 7) is 8.66. The number of hydrogen-bond acceptors (Lipinski definition) is 7. The average molecular weight is 572 g/mol. The Morgan fingerprint density at radius 1 is 1.15 bits per heavy atom. The summed E-state index contributed by atoms with van der Waals surface area (Å²) in [5.41, 5.74) is 7.41. The van der Waals surface area contributed by atoms with Gasteiger partial charge in [0.15, 0.2) is 10.7 Å². The van der Waals surface area contributed by atoms with E-state index in [-0.39, 0.29) is 12.0 Å². The summed E-state index contributed by atoms with van der Waals surface area (Å²) in [6, 6.07) is 11.2. The third-order valence-electron chi connectivity index (χ3n) is 6.11. The van der Waals surface area contributed by atoms with Crippen molar-refractivity contribution in [1.29, 1.82) is 0 Å². The minimum atomic E-state index is -2.72. The quantitative estimate of drug-likeness (QED) is 0.240. The predicted molar refractivity (Wildman–Crippen MR) is 152 cm³/mol. The van der Waals surface area contributed by atoms with Crippen LogP contribution >= 0.6 is 11.6 Å². The van der Waals surface area contributed by atoms with Crippen molar-refractivity contribution in [2.24, 2.45) is 11.1 Å². The summed E-state index contributed by atoms with van der Waals surface area (Å²) in [4.78, 5) is 17.7. The number of nitrogens with one attached hydrogen (secondary N) is 1. The van der Waals surface area contributed by atoms with Crippen LogP contribution in [0.5, 0.6) is 0 Å². The van der Waals surface area contributed by atoms with Gasteiger partial charge >= 0.3 is 0 Å². The molecule has 1 aromatic heterocycles. The third-order valence-corrected chi connectivity index (χ3v) is 7.45. The molecule has 0 bridgehead atoms. The molecule has 3 rings (SSSR count). The van der Waals surface area contributed by atoms with Crippen molar-refractivity contribution in [2.75, 3.05) is 6.61 Å². The second-order valence-corrected chi connectivity index (χ2v) is 13.2. The van der Waals surface area contributed by atoms with Gasteiger partial charge in [-0.05, 0) is 61.1 Å². The molecule has 1 unspecified atom stereocenters. The van der Waals surface area contributed by atoms with Crippen molar-refractivity contribution in [2.45, 2.75) is 57.4 Å². The van der Waals surface area contributed by atoms with Crippen molar-refractivity contribution in [3.63, 3.8) is 0 Å². The SMILES string of the molecule is CC(C)(C)CC(N)(C(=O)N[C@H](CO)c1ccc(Cl)c(-n2cncn2)c1)c1ccc(C#CC(C)(C)[SH](=O)=O)cc1. The molecular weight excluding hydrogens is 538 g/mol. The summed E-state index contributed by atoms with van der Waals surface area (Å²) in [5, 5.41) is 17.7. The number of nitrogens with two attached hydrogens (primary N) is 1. The first-order valence-electron chi connectivity index (χ1n) is 12.3. The van der Waals surface area contributed by atoms with E-state index >= 15 is 0 Å². The first-order chi connectivity index (χ1) is 18.2. The van der Waals surface area contributed by atoms with Crippen LogP contribution in [-0.2, 0) is 21.0 Å². The second kappa shape index (κ2) is 11.9. The van der Waals surface area contributed by atoms with Crippen LogP contribution in [0.2, 0.25) is 5.02 Å². The number of hydrogen-bond donors (Lipinski definition) is 4. The number of aliphatic hydroxyl groups excluding tert-OH is 1. The Balaban J connectivity index is 1.94. The normalized spacial score (nSPS) is 14.3. The molecular formula is C28H34ClN5O4S. The van der Waals surface area contributed by atoms with Gasteiger partial charge in [0.25, 0.3) is 0 Å². The Morgan fingerprint density at radius 2 is 1.82 bits per heavy atom. The van der Waals surface area contributed by atoms with Crippen molar-refractivity contribution < 1.29 is 18.3 Å². The number of carbonyl (C=O) groups is 1. The van der Waals surface area contributed by atoms with Crippen molar-refractivity contribution in [3.05, 3.63) is 76.8 Å². The maximum absolute atomic E-state index is 13.8. The molecule has 2 aromatic carbocycles. The highest BCUT2D eigenvalue weighted by Gasteiger charge is 2.40. The van der Waals surface area contributed by atoms with E-state index < -0.39 is 32.9 Å². The Bertz CT molecular complexity index is 1440. The molecule has 0 aliphatic rings. The van der Waals surface area contributed by atoms with Crippen LogP contribution in [-0.4, -0.2) is 45.5 Å². The van der Waals surface area contributed by atoms with Gasteiger partial charge in [-0.2, -0.15) is 5.10 Å². The van der Waals surface area contributed by atoms with Crippen LogP contribution in [0.4, 0.5) is 0 Å². The van der Waals surface area contributed by atoms with Gasteiger partial charge in [0, 0.05) is 5.56 Å². The molecule has 3 aromatic rings. The molecule has 0 aliphatic heterocycles. The molecule has 0 fully saturated rings. The number of carbonyl (C=O) groups excluding carboxylic acids is 1. The number of aromatic nitrogens is 3. The third kappa shape index (κ3) is 7.46. The summed E-state index contributed by atoms with van der Waals surface area (Å²) in [6.07, 6.45) is 3.19. The molecule has 39 heavy (non-hydrogen) atoms. The predicted octanol–water partition coefficient (Wildman–Crippen LogP) is 3.10. The van der Waals surface area contributed by atoms with Crippen LogP contribution < -0.4 is 11.1 Å². The molecule has 4 N–H and O–H groups in total. The number of thiol groups is 1. The fourth-order valence-corrected chi connectivity index (χ4v) is 4.40. The van der Waals surface area contributed by atoms with E-state index in [0.29, 0.717) is 33.8 Å². The van der Waals surface area contributed by atoms with Crippen LogP contribution in [0.15, 0.2) is 55.1 Å². The Kier molecular flexibility index (Phi) is 9.23. The largest absolute Gasteiger partial charge is 0.394 e. The van der Waals surface area contributed by atoms with E-state index in [1.807, 2.05) is 20.8 Å². The van der Waals surface area contributed by atoms with Crippen LogP contribution in [0.3, 0.4) is 0 Å². The molecule has 0 saturated heterocycles. The highest BCUT2D eigenvalue weighted by Crippen LogP contribution is 2.34. The van der Waals surface area contributed by atoms with E-state index in [2.05, 4.69) is 27.2 Å². The summed E-state index contributed by atoms with van der Waals surface area (Å²) >= 11 is 6.34. The number of nitrogens with zero attached hydrogens (tertiary/aromatic N) is 3. The number of amides is 1. The van der Waals surface area contributed by atoms with Crippen molar-refractivity contribution in [3.8, 4) is 17.5 Å². The zero-order chi connectivity index (χ0) is 29.0. The molecule has 1 amide bonds. The number of aliphatic hydroxyl groups is 1. The van der Waals surface area contributed by atoms with Crippen LogP contribution in [0.25, 0.3) is 5.69 Å². The second-order valence-electron chi connectivity index (χ2n) is 11.1. The van der Waals surface area contributed by atoms with Crippen LogP contribution in [0, 0.1) is 17.3 Å². The smallest absolute Gasteiger partial charge is 0.245 e. The van der Waals surface area contributed by atoms with Crippen molar-refractivity contribution >= 4 is 28.2 Å². The Hall–Kier alpha value is -3.23. The van der Waals surface area contributed by atoms with Gasteiger partial charge in [-0.25, -0.2) is 18.1 Å². The highest BCUT2D eigenvalue weighted by molar-refractivity contribution is 7.74. The maximum atomic E-state index is 13.8. The van der Waals surface area contributed by atoms with E-state index in [1.54, 1.807) is 42.5 Å². The Labute approximate surface area is 235 Å². The Morgan fingerprint density at radius 3 is 2.36 bits per heavy atom. The van der Waals surface area contributed by atoms with Gasteiger partial charge in [-0.1, -0.05) is 62.4 Å². The lowest BCUT2D eigenvalue weighted by Crippen LogP contribution is -2.54. The molecule has 11 heteroatoms. The maximum Gasteiger partial charge on any atom is 0.245 e. The first-order valence-corrected chi connectivity index (χ1v) is 13.9. The molecule has 0 saturated carbocycles. The molecule has 9 nitrogen and oxygen atoms in total. The molecule has 0 spiro atoms. The van der Waals surface area contributed by atoms with E-state index in [0.717, 1.165) is 0 Å². The molecule has 1 heterocycles. The summed E-state index contributed by atoms with van der Waals surface area (Å²) < 4.78 is 23.1. The fourth-order valence-electron chi connectivity index (χ4n) is 4.05. The minimum absolute atomic E-state index is 0.309. The lowest BCUT2D eigenvalue weighted by atomic mass is 9.75. The fraction of sp³-hybridized carbons (Fsp3) is 0.393. The van der Waals surface area contributed by atoms with E-state index in [1.165, 1.54) is 31.2 Å². The minimum Gasteiger partial charge on any atom is -0.394 e. The van der Waals surface area contributed by atoms with Gasteiger partial charge in [0.05, 0.1) is 23.4 Å². The number of halogens is 1. The standard InChI is InChI=1S/C28H34ClN5O4S/c1-26(2,3)16-28(30,21-9-6-19(7-10-21)12-13-27(4,5)39(37)38)25(36)33-23(15-35)20-8-11-22(29)24(14-20)34-18-31-17-32-34/h6-11,14,17-18,23,35,39H,15-16,30H2,1-5H3,(H,33,36)/t23-,28?/m1/s1. The van der Waals surface area contributed by atoms with Gasteiger partial charge in [0.2, 0.25) is 5.91 Å². The average Bonchev–Trinajstić information content (AvgIpc) is 3.40. The van der Waals surface area contributed by atoms with E-state index in [4.69, 9.17) is 17.3 Å². The topological polar surface area (TPSA) is 140 Å². The highest BCUT2D eigenvalue weighted by atomic mass is 35.5. The lowest BCUT2D eigenvalue weighted by molar-refractivity contribution is -0.129. The molecule has 0 radical (unpaired) electrons. The number of benzene rings is 2. The summed E-state index contributed by atoms with van der Waals surface area (Å²) in [7, 11) is -2.72. The van der Waals surface area contributed by atoms with Gasteiger partial charge < -0.3 is 16.2 Å². The van der Waals surface area contributed by atoms with Gasteiger partial charge in [0.1, 0.15) is 22.9 Å². The molecule has 2 atom stereocenters. The van der Waals surface area contributed by atoms with E-state index in [9.17, 15) is 18.3 Å². The zero-order valence-electron chi connectivity index (χ0n) is 22.6. The van der Waals surface area contributed by atoms with Gasteiger partial charge in [-0.3, -0.25) is 4.79 Å². The molecule has 0 aliphatic carbocycles.